The fourth-order valence-electron chi connectivity index (χ4n) is 3.06. The number of piperidine rings is 1. The van der Waals surface area contributed by atoms with Gasteiger partial charge in [0.15, 0.2) is 0 Å². The molecule has 2 heterocycles. The molecule has 1 aromatic heterocycles. The van der Waals surface area contributed by atoms with Gasteiger partial charge in [-0.1, -0.05) is 51.1 Å². The smallest absolute Gasteiger partial charge is 0.0981 e. The summed E-state index contributed by atoms with van der Waals surface area (Å²) < 4.78 is 0. The highest BCUT2D eigenvalue weighted by atomic mass is 32.1. The molecule has 1 saturated heterocycles. The summed E-state index contributed by atoms with van der Waals surface area (Å²) in [4.78, 5) is 4.97. The number of thiazole rings is 1. The number of hydrogen-bond acceptors (Lipinski definition) is 3. The van der Waals surface area contributed by atoms with Gasteiger partial charge in [0.2, 0.25) is 0 Å². The van der Waals surface area contributed by atoms with Gasteiger partial charge < -0.3 is 5.32 Å². The van der Waals surface area contributed by atoms with Crippen molar-refractivity contribution >= 4 is 11.3 Å². The van der Waals surface area contributed by atoms with E-state index in [1.54, 1.807) is 0 Å². The normalized spacial score (nSPS) is 23.2. The topological polar surface area (TPSA) is 24.9 Å². The van der Waals surface area contributed by atoms with Crippen molar-refractivity contribution in [1.82, 2.24) is 10.3 Å². The van der Waals surface area contributed by atoms with Crippen molar-refractivity contribution in [2.24, 2.45) is 0 Å². The van der Waals surface area contributed by atoms with Crippen LogP contribution < -0.4 is 5.32 Å². The molecule has 0 saturated carbocycles. The molecule has 3 rings (SSSR count). The van der Waals surface area contributed by atoms with Crippen LogP contribution in [0.25, 0.3) is 0 Å². The van der Waals surface area contributed by atoms with E-state index in [2.05, 4.69) is 61.8 Å². The van der Waals surface area contributed by atoms with Crippen LogP contribution in [0.4, 0.5) is 0 Å². The highest BCUT2D eigenvalue weighted by Gasteiger charge is 2.30. The zero-order chi connectivity index (χ0) is 14.9. The Kier molecular flexibility index (Phi) is 4.14. The van der Waals surface area contributed by atoms with Gasteiger partial charge in [-0.05, 0) is 18.5 Å². The molecule has 0 bridgehead atoms. The molecule has 0 radical (unpaired) electrons. The van der Waals surface area contributed by atoms with Crippen LogP contribution in [0.5, 0.6) is 0 Å². The number of benzene rings is 1. The van der Waals surface area contributed by atoms with Gasteiger partial charge in [-0.3, -0.25) is 0 Å². The minimum absolute atomic E-state index is 0.151. The van der Waals surface area contributed by atoms with Crippen LogP contribution in [0, 0.1) is 0 Å². The van der Waals surface area contributed by atoms with Crippen LogP contribution in [0.3, 0.4) is 0 Å². The Hall–Kier alpha value is -1.19. The summed E-state index contributed by atoms with van der Waals surface area (Å²) in [6, 6.07) is 10.9. The summed E-state index contributed by atoms with van der Waals surface area (Å²) in [6.45, 7) is 8.87. The third-order valence-corrected chi connectivity index (χ3v) is 5.54. The number of hydrogen-bond donors (Lipinski definition) is 1. The Bertz CT molecular complexity index is 583. The Labute approximate surface area is 131 Å². The van der Waals surface area contributed by atoms with Crippen LogP contribution in [0.1, 0.15) is 55.3 Å². The lowest BCUT2D eigenvalue weighted by atomic mass is 9.80. The van der Waals surface area contributed by atoms with Gasteiger partial charge in [-0.2, -0.15) is 0 Å². The molecule has 2 nitrogen and oxygen atoms in total. The van der Waals surface area contributed by atoms with Crippen LogP contribution in [0.15, 0.2) is 35.7 Å². The monoisotopic (exact) mass is 300 g/mol. The molecule has 1 aliphatic heterocycles. The molecule has 21 heavy (non-hydrogen) atoms. The molecule has 0 spiro atoms. The molecule has 1 aliphatic rings. The third kappa shape index (κ3) is 3.19. The Balaban J connectivity index is 1.90. The van der Waals surface area contributed by atoms with E-state index in [-0.39, 0.29) is 5.41 Å². The second kappa shape index (κ2) is 5.90. The van der Waals surface area contributed by atoms with Gasteiger partial charge in [0.1, 0.15) is 0 Å². The molecular weight excluding hydrogens is 276 g/mol. The highest BCUT2D eigenvalue weighted by molar-refractivity contribution is 7.09. The first kappa shape index (κ1) is 14.7. The zero-order valence-electron chi connectivity index (χ0n) is 13.1. The highest BCUT2D eigenvalue weighted by Crippen LogP contribution is 2.39. The lowest BCUT2D eigenvalue weighted by Gasteiger charge is -2.31. The first-order chi connectivity index (χ1) is 10.1. The van der Waals surface area contributed by atoms with E-state index in [4.69, 9.17) is 4.98 Å². The quantitative estimate of drug-likeness (QED) is 0.894. The van der Waals surface area contributed by atoms with E-state index < -0.39 is 0 Å². The average molecular weight is 300 g/mol. The first-order valence-electron chi connectivity index (χ1n) is 7.77. The predicted octanol–water partition coefficient (Wildman–Crippen LogP) is 4.30. The molecule has 1 aromatic carbocycles. The lowest BCUT2D eigenvalue weighted by molar-refractivity contribution is 0.397. The molecule has 2 atom stereocenters. The second-order valence-corrected chi connectivity index (χ2v) is 7.80. The number of nitrogens with zero attached hydrogens (tertiary/aromatic N) is 1. The largest absolute Gasteiger partial charge is 0.316 e. The predicted molar refractivity (Wildman–Crippen MR) is 90.2 cm³/mol. The third-order valence-electron chi connectivity index (χ3n) is 4.25. The fourth-order valence-corrected chi connectivity index (χ4v) is 4.04. The van der Waals surface area contributed by atoms with Crippen molar-refractivity contribution in [2.45, 2.75) is 44.4 Å². The Morgan fingerprint density at radius 1 is 1.14 bits per heavy atom. The van der Waals surface area contributed by atoms with E-state index in [1.165, 1.54) is 22.7 Å². The van der Waals surface area contributed by atoms with Gasteiger partial charge in [0.05, 0.1) is 10.7 Å². The van der Waals surface area contributed by atoms with Crippen molar-refractivity contribution in [2.75, 3.05) is 13.1 Å². The van der Waals surface area contributed by atoms with Gasteiger partial charge in [0, 0.05) is 29.2 Å². The van der Waals surface area contributed by atoms with Crippen molar-refractivity contribution in [3.05, 3.63) is 52.0 Å². The van der Waals surface area contributed by atoms with Crippen molar-refractivity contribution in [3.63, 3.8) is 0 Å². The summed E-state index contributed by atoms with van der Waals surface area (Å²) in [7, 11) is 0. The maximum Gasteiger partial charge on any atom is 0.0981 e. The minimum atomic E-state index is 0.151. The molecule has 2 aromatic rings. The van der Waals surface area contributed by atoms with E-state index in [0.717, 1.165) is 13.1 Å². The van der Waals surface area contributed by atoms with Crippen LogP contribution >= 0.6 is 11.3 Å². The Morgan fingerprint density at radius 2 is 1.90 bits per heavy atom. The maximum atomic E-state index is 4.97. The van der Waals surface area contributed by atoms with Gasteiger partial charge in [0.25, 0.3) is 0 Å². The molecule has 2 unspecified atom stereocenters. The Morgan fingerprint density at radius 3 is 2.57 bits per heavy atom. The number of rotatable bonds is 2. The summed E-state index contributed by atoms with van der Waals surface area (Å²) in [5.41, 5.74) is 2.87. The van der Waals surface area contributed by atoms with Crippen molar-refractivity contribution in [3.8, 4) is 0 Å². The molecular formula is C18H24N2S. The van der Waals surface area contributed by atoms with Crippen LogP contribution in [0.2, 0.25) is 0 Å². The average Bonchev–Trinajstić information content (AvgIpc) is 2.98. The molecule has 1 N–H and O–H groups in total. The summed E-state index contributed by atoms with van der Waals surface area (Å²) in [5.74, 6) is 1.08. The van der Waals surface area contributed by atoms with Crippen LogP contribution in [-0.2, 0) is 5.41 Å². The molecule has 0 aliphatic carbocycles. The SMILES string of the molecule is CC(C)(C)c1nc(C2CCNCC2c2ccccc2)cs1. The molecule has 1 fully saturated rings. The molecule has 0 amide bonds. The standard InChI is InChI=1S/C18H24N2S/c1-18(2,3)17-20-16(12-21-17)14-9-10-19-11-15(14)13-7-5-4-6-8-13/h4-8,12,14-15,19H,9-11H2,1-3H3. The summed E-state index contributed by atoms with van der Waals surface area (Å²) in [6.07, 6.45) is 1.17. The lowest BCUT2D eigenvalue weighted by Crippen LogP contribution is -2.34. The zero-order valence-corrected chi connectivity index (χ0v) is 13.9. The van der Waals surface area contributed by atoms with E-state index >= 15 is 0 Å². The minimum Gasteiger partial charge on any atom is -0.316 e. The van der Waals surface area contributed by atoms with Gasteiger partial charge in [-0.25, -0.2) is 4.98 Å². The number of nitrogens with one attached hydrogen (secondary N) is 1. The van der Waals surface area contributed by atoms with E-state index in [1.807, 2.05) is 11.3 Å². The number of aromatic nitrogens is 1. The van der Waals surface area contributed by atoms with Crippen molar-refractivity contribution < 1.29 is 0 Å². The summed E-state index contributed by atoms with van der Waals surface area (Å²) in [5, 5.41) is 7.08. The van der Waals surface area contributed by atoms with Gasteiger partial charge in [-0.15, -0.1) is 11.3 Å². The maximum absolute atomic E-state index is 4.97. The first-order valence-corrected chi connectivity index (χ1v) is 8.65. The van der Waals surface area contributed by atoms with Crippen molar-refractivity contribution in [1.29, 1.82) is 0 Å². The van der Waals surface area contributed by atoms with Gasteiger partial charge >= 0.3 is 0 Å². The summed E-state index contributed by atoms with van der Waals surface area (Å²) >= 11 is 1.82. The van der Waals surface area contributed by atoms with Crippen LogP contribution in [-0.4, -0.2) is 18.1 Å². The fraction of sp³-hybridized carbons (Fsp3) is 0.500. The molecule has 112 valence electrons. The second-order valence-electron chi connectivity index (χ2n) is 6.94. The van der Waals surface area contributed by atoms with E-state index in [9.17, 15) is 0 Å². The molecule has 3 heteroatoms. The van der Waals surface area contributed by atoms with E-state index in [0.29, 0.717) is 11.8 Å².